The summed E-state index contributed by atoms with van der Waals surface area (Å²) in [5.41, 5.74) is 4.44. The van der Waals surface area contributed by atoms with Gasteiger partial charge in [-0.3, -0.25) is 19.7 Å². The summed E-state index contributed by atoms with van der Waals surface area (Å²) in [6.07, 6.45) is -4.59. The lowest BCUT2D eigenvalue weighted by atomic mass is 10.1. The molecule has 0 aliphatic rings. The fraction of sp³-hybridized carbons (Fsp3) is 0.0625. The highest BCUT2D eigenvalue weighted by Crippen LogP contribution is 2.30. The normalized spacial score (nSPS) is 10.8. The van der Waals surface area contributed by atoms with Crippen LogP contribution in [0.1, 0.15) is 15.9 Å². The van der Waals surface area contributed by atoms with Crippen molar-refractivity contribution in [3.63, 3.8) is 0 Å². The zero-order chi connectivity index (χ0) is 18.6. The summed E-state index contributed by atoms with van der Waals surface area (Å²) in [7, 11) is 0. The largest absolute Gasteiger partial charge is 0.416 e. The highest BCUT2D eigenvalue weighted by atomic mass is 19.4. The predicted octanol–water partition coefficient (Wildman–Crippen LogP) is 2.18. The molecule has 0 saturated carbocycles. The van der Waals surface area contributed by atoms with E-state index in [2.05, 4.69) is 0 Å². The summed E-state index contributed by atoms with van der Waals surface area (Å²) in [5.74, 6) is -3.52. The van der Waals surface area contributed by atoms with Crippen LogP contribution >= 0.6 is 0 Å². The molecule has 0 aliphatic carbocycles. The molecule has 0 radical (unpaired) electrons. The summed E-state index contributed by atoms with van der Waals surface area (Å²) in [4.78, 5) is 35.3. The van der Waals surface area contributed by atoms with Crippen molar-refractivity contribution in [3.8, 4) is 0 Å². The first-order valence-corrected chi connectivity index (χ1v) is 6.87. The van der Waals surface area contributed by atoms with E-state index >= 15 is 0 Å². The van der Waals surface area contributed by atoms with E-state index in [9.17, 15) is 27.6 Å². The summed E-state index contributed by atoms with van der Waals surface area (Å²) >= 11 is 0. The first kappa shape index (κ1) is 18.0. The topological polar surface area (TPSA) is 101 Å². The van der Waals surface area contributed by atoms with E-state index in [4.69, 9.17) is 5.73 Å². The molecule has 4 N–H and O–H groups in total. The Morgan fingerprint density at radius 1 is 0.920 bits per heavy atom. The molecular formula is C16H12F3N3O3. The van der Waals surface area contributed by atoms with Crippen LogP contribution in [0.5, 0.6) is 0 Å². The summed E-state index contributed by atoms with van der Waals surface area (Å²) < 4.78 is 37.8. The van der Waals surface area contributed by atoms with Gasteiger partial charge in [0.25, 0.3) is 5.91 Å². The molecule has 0 spiro atoms. The fourth-order valence-electron chi connectivity index (χ4n) is 1.89. The number of imide groups is 1. The molecule has 0 saturated heterocycles. The van der Waals surface area contributed by atoms with Gasteiger partial charge in [0, 0.05) is 11.4 Å². The Morgan fingerprint density at radius 3 is 2.24 bits per heavy atom. The van der Waals surface area contributed by atoms with E-state index in [-0.39, 0.29) is 16.9 Å². The van der Waals surface area contributed by atoms with Crippen molar-refractivity contribution >= 4 is 29.1 Å². The molecule has 25 heavy (non-hydrogen) atoms. The molecule has 0 fully saturated rings. The van der Waals surface area contributed by atoms with Crippen LogP contribution in [-0.2, 0) is 15.8 Å². The standard InChI is InChI=1S/C16H12F3N3O3/c17-16(18,19)9-4-3-5-10(8-9)21-14(24)15(25)22-13(23)11-6-1-2-7-12(11)20/h1-8H,20H2,(H,21,24)(H,22,23,25). The number of nitrogens with one attached hydrogen (secondary N) is 2. The Labute approximate surface area is 139 Å². The van der Waals surface area contributed by atoms with E-state index in [0.29, 0.717) is 6.07 Å². The molecule has 0 aliphatic heterocycles. The van der Waals surface area contributed by atoms with Gasteiger partial charge in [-0.2, -0.15) is 13.2 Å². The molecule has 130 valence electrons. The molecule has 9 heteroatoms. The van der Waals surface area contributed by atoms with Gasteiger partial charge in [0.15, 0.2) is 0 Å². The van der Waals surface area contributed by atoms with Crippen LogP contribution in [0, 0.1) is 0 Å². The van der Waals surface area contributed by atoms with Crippen LogP contribution < -0.4 is 16.4 Å². The van der Waals surface area contributed by atoms with Gasteiger partial charge in [-0.1, -0.05) is 18.2 Å². The number of nitrogen functional groups attached to an aromatic ring is 1. The number of rotatable bonds is 2. The third-order valence-electron chi connectivity index (χ3n) is 3.09. The van der Waals surface area contributed by atoms with Gasteiger partial charge in [-0.15, -0.1) is 0 Å². The van der Waals surface area contributed by atoms with Gasteiger partial charge in [-0.25, -0.2) is 0 Å². The van der Waals surface area contributed by atoms with Gasteiger partial charge in [0.05, 0.1) is 11.1 Å². The lowest BCUT2D eigenvalue weighted by molar-refractivity contribution is -0.137. The predicted molar refractivity (Wildman–Crippen MR) is 83.4 cm³/mol. The van der Waals surface area contributed by atoms with Crippen LogP contribution in [0.2, 0.25) is 0 Å². The number of carbonyl (C=O) groups excluding carboxylic acids is 3. The number of hydrogen-bond donors (Lipinski definition) is 3. The number of benzene rings is 2. The van der Waals surface area contributed by atoms with E-state index in [0.717, 1.165) is 12.1 Å². The van der Waals surface area contributed by atoms with Gasteiger partial charge in [-0.05, 0) is 30.3 Å². The molecule has 0 aromatic heterocycles. The van der Waals surface area contributed by atoms with Crippen LogP contribution in [0.15, 0.2) is 48.5 Å². The molecule has 0 unspecified atom stereocenters. The number of nitrogens with two attached hydrogens (primary N) is 1. The zero-order valence-corrected chi connectivity index (χ0v) is 12.6. The third-order valence-corrected chi connectivity index (χ3v) is 3.09. The maximum Gasteiger partial charge on any atom is 0.416 e. The fourth-order valence-corrected chi connectivity index (χ4v) is 1.89. The van der Waals surface area contributed by atoms with Crippen LogP contribution in [0.25, 0.3) is 0 Å². The third kappa shape index (κ3) is 4.56. The minimum absolute atomic E-state index is 0.0114. The molecular weight excluding hydrogens is 339 g/mol. The average Bonchev–Trinajstić information content (AvgIpc) is 2.54. The number of para-hydroxylation sites is 1. The second kappa shape index (κ2) is 7.04. The minimum Gasteiger partial charge on any atom is -0.398 e. The van der Waals surface area contributed by atoms with Crippen molar-refractivity contribution < 1.29 is 27.6 Å². The first-order chi connectivity index (χ1) is 11.7. The van der Waals surface area contributed by atoms with E-state index < -0.39 is 29.5 Å². The average molecular weight is 351 g/mol. The minimum atomic E-state index is -4.59. The van der Waals surface area contributed by atoms with Gasteiger partial charge < -0.3 is 11.1 Å². The summed E-state index contributed by atoms with van der Waals surface area (Å²) in [6, 6.07) is 9.61. The smallest absolute Gasteiger partial charge is 0.398 e. The Kier molecular flexibility index (Phi) is 5.06. The highest BCUT2D eigenvalue weighted by Gasteiger charge is 2.30. The second-order valence-corrected chi connectivity index (χ2v) is 4.90. The van der Waals surface area contributed by atoms with Gasteiger partial charge in [0.2, 0.25) is 0 Å². The molecule has 2 aromatic rings. The number of hydrogen-bond acceptors (Lipinski definition) is 4. The molecule has 0 bridgehead atoms. The lowest BCUT2D eigenvalue weighted by Gasteiger charge is -2.10. The summed E-state index contributed by atoms with van der Waals surface area (Å²) in [5, 5.41) is 3.80. The SMILES string of the molecule is Nc1ccccc1C(=O)NC(=O)C(=O)Nc1cccc(C(F)(F)F)c1. The van der Waals surface area contributed by atoms with Crippen molar-refractivity contribution in [3.05, 3.63) is 59.7 Å². The number of halogens is 3. The van der Waals surface area contributed by atoms with Crippen molar-refractivity contribution in [1.29, 1.82) is 0 Å². The molecule has 2 aromatic carbocycles. The molecule has 0 atom stereocenters. The van der Waals surface area contributed by atoms with Gasteiger partial charge in [0.1, 0.15) is 0 Å². The number of anilines is 2. The number of amides is 3. The van der Waals surface area contributed by atoms with Crippen LogP contribution in [-0.4, -0.2) is 17.7 Å². The monoisotopic (exact) mass is 351 g/mol. The maximum absolute atomic E-state index is 12.6. The number of carbonyl (C=O) groups is 3. The van der Waals surface area contributed by atoms with Crippen molar-refractivity contribution in [1.82, 2.24) is 5.32 Å². The molecule has 3 amide bonds. The molecule has 2 rings (SSSR count). The van der Waals surface area contributed by atoms with E-state index in [1.807, 2.05) is 10.6 Å². The number of alkyl halides is 3. The van der Waals surface area contributed by atoms with Crippen molar-refractivity contribution in [2.24, 2.45) is 0 Å². The Morgan fingerprint density at radius 2 is 1.60 bits per heavy atom. The van der Waals surface area contributed by atoms with E-state index in [1.165, 1.54) is 24.3 Å². The Bertz CT molecular complexity index is 835. The van der Waals surface area contributed by atoms with Gasteiger partial charge >= 0.3 is 18.0 Å². The Hall–Kier alpha value is -3.36. The zero-order valence-electron chi connectivity index (χ0n) is 12.6. The quantitative estimate of drug-likeness (QED) is 0.570. The molecule has 6 nitrogen and oxygen atoms in total. The Balaban J connectivity index is 2.05. The second-order valence-electron chi connectivity index (χ2n) is 4.90. The van der Waals surface area contributed by atoms with Crippen molar-refractivity contribution in [2.75, 3.05) is 11.1 Å². The van der Waals surface area contributed by atoms with Crippen LogP contribution in [0.4, 0.5) is 24.5 Å². The maximum atomic E-state index is 12.6. The summed E-state index contributed by atoms with van der Waals surface area (Å²) in [6.45, 7) is 0. The lowest BCUT2D eigenvalue weighted by Crippen LogP contribution is -2.39. The highest BCUT2D eigenvalue weighted by molar-refractivity contribution is 6.42. The van der Waals surface area contributed by atoms with E-state index in [1.54, 1.807) is 6.07 Å². The first-order valence-electron chi connectivity index (χ1n) is 6.87. The molecule has 0 heterocycles. The van der Waals surface area contributed by atoms with Crippen LogP contribution in [0.3, 0.4) is 0 Å². The van der Waals surface area contributed by atoms with Crippen molar-refractivity contribution in [2.45, 2.75) is 6.18 Å².